The molecule has 430 valence electrons. The number of hydrogen-bond donors (Lipinski definition) is 6. The number of fused-ring (bicyclic) bond motifs is 3. The number of aliphatic hydroxyl groups is 2. The van der Waals surface area contributed by atoms with E-state index in [0.717, 1.165) is 57.6 Å². The second-order valence-electron chi connectivity index (χ2n) is 19.6. The molecule has 4 atom stereocenters. The van der Waals surface area contributed by atoms with E-state index < -0.39 is 94.8 Å². The van der Waals surface area contributed by atoms with Crippen molar-refractivity contribution in [2.24, 2.45) is 17.8 Å². The number of rotatable bonds is 8. The lowest BCUT2D eigenvalue weighted by atomic mass is 9.99. The molecule has 12 amide bonds. The van der Waals surface area contributed by atoms with Crippen molar-refractivity contribution in [1.29, 1.82) is 0 Å². The lowest BCUT2D eigenvalue weighted by Crippen LogP contribution is -2.54. The van der Waals surface area contributed by atoms with Crippen LogP contribution in [-0.2, 0) is 33.6 Å². The van der Waals surface area contributed by atoms with Gasteiger partial charge < -0.3 is 30.1 Å². The van der Waals surface area contributed by atoms with Gasteiger partial charge in [0.1, 0.15) is 30.2 Å². The number of hydrogen-bond acceptors (Lipinski definition) is 18. The van der Waals surface area contributed by atoms with Gasteiger partial charge in [0.2, 0.25) is 35.4 Å². The van der Waals surface area contributed by atoms with Gasteiger partial charge in [-0.3, -0.25) is 88.2 Å². The van der Waals surface area contributed by atoms with Gasteiger partial charge in [0.05, 0.1) is 38.7 Å². The van der Waals surface area contributed by atoms with E-state index in [1.807, 2.05) is 9.80 Å². The van der Waals surface area contributed by atoms with Crippen molar-refractivity contribution in [3.8, 4) is 0 Å². The normalized spacial score (nSPS) is 22.2. The fraction of sp³-hybridized carbons (Fsp3) is 0.415. The topological polar surface area (TPSA) is 327 Å². The molecule has 3 aromatic rings. The zero-order valence-corrected chi connectivity index (χ0v) is 45.9. The standard InChI is InChI=1S/C17H17N3O5.C17H15N3O5.C13H9FN2O4.C4H9NO.CH2Cl2.CH5P/c2*21-8-9-6-19(7-9)10-1-2-11-12(5-10)17(25)20(16(11)24)13-3-4-14(22)18-15(13)23;14-6-1-2-7-8(5-6)13(20)16(12(7)19)9-3-4-10(17)15-11(9)18;6-3-4-1-5-2-4;2-1-3;1-2/h1-2,5,9,13,21H,3-4,6-8H2,(H,18,22,23);1-2,5,8-9,13H,3-4,6-7H2,(H,18,22,23);1-2,5,9H,3-4H2,(H,15,17,18);4-6H,1-3H2;1H2;2H2,1H3/i;;;;;1D. The minimum atomic E-state index is -1.02. The Morgan fingerprint density at radius 3 is 1.20 bits per heavy atom. The highest BCUT2D eigenvalue weighted by Gasteiger charge is 2.48. The number of halogens is 3. The first kappa shape index (κ1) is 59.7. The molecular weight excluding hydrogens is 1120 g/mol. The molecular formula is C53H57Cl2FN9O15P. The van der Waals surface area contributed by atoms with E-state index in [4.69, 9.17) is 34.8 Å². The van der Waals surface area contributed by atoms with Gasteiger partial charge in [0.25, 0.3) is 35.4 Å². The van der Waals surface area contributed by atoms with Crippen LogP contribution in [0.3, 0.4) is 0 Å². The van der Waals surface area contributed by atoms with E-state index in [9.17, 15) is 66.7 Å². The van der Waals surface area contributed by atoms with Crippen LogP contribution >= 0.6 is 32.4 Å². The number of anilines is 2. The van der Waals surface area contributed by atoms with Gasteiger partial charge in [-0.05, 0) is 73.9 Å². The number of imide groups is 6. The van der Waals surface area contributed by atoms with E-state index >= 15 is 0 Å². The molecule has 9 aliphatic heterocycles. The van der Waals surface area contributed by atoms with Crippen molar-refractivity contribution in [2.75, 3.05) is 74.3 Å². The maximum Gasteiger partial charge on any atom is 0.262 e. The van der Waals surface area contributed by atoms with Crippen LogP contribution in [0.1, 0.15) is 102 Å². The number of nitrogens with zero attached hydrogens (tertiary/aromatic N) is 5. The Kier molecular flexibility index (Phi) is 19.8. The Labute approximate surface area is 475 Å². The lowest BCUT2D eigenvalue weighted by Gasteiger charge is -2.40. The van der Waals surface area contributed by atoms with Crippen LogP contribution in [0.5, 0.6) is 0 Å². The minimum absolute atomic E-state index is 0.00874. The molecule has 28 heteroatoms. The summed E-state index contributed by atoms with van der Waals surface area (Å²) in [5, 5.41) is 27.1. The molecule has 9 aliphatic rings. The largest absolute Gasteiger partial charge is 0.396 e. The molecule has 24 nitrogen and oxygen atoms in total. The summed E-state index contributed by atoms with van der Waals surface area (Å²) >= 11 is 9.53. The summed E-state index contributed by atoms with van der Waals surface area (Å²) in [5.74, 6) is -6.39. The molecule has 6 N–H and O–H groups in total. The molecule has 12 rings (SSSR count). The van der Waals surface area contributed by atoms with Crippen molar-refractivity contribution >= 4 is 121 Å². The molecule has 0 spiro atoms. The molecule has 0 aromatic heterocycles. The Morgan fingerprint density at radius 1 is 0.556 bits per heavy atom. The average molecular weight is 1180 g/mol. The summed E-state index contributed by atoms with van der Waals surface area (Å²) in [7, 11) is 2.25. The number of carbonyl (C=O) groups is 13. The number of amides is 12. The number of alkyl halides is 2. The molecule has 0 radical (unpaired) electrons. The third-order valence-electron chi connectivity index (χ3n) is 14.4. The SMILES string of the molecule is ClCCl.O=C1CCC(N2C(=O)c3ccc(F)cc3C2=O)C(=O)N1.O=C1CCC(N2C(=O)c3ccc(N4CC(CO)C4)cc3C2=O)C(=O)N1.O=CC1CN(c2ccc3c(c2)C(=O)N(C2CCC(=O)NC2=O)C3=O)C1.OCC1CNC1.[2H]CP. The maximum absolute atomic E-state index is 13.2. The third kappa shape index (κ3) is 13.0. The van der Waals surface area contributed by atoms with Crippen LogP contribution in [0.15, 0.2) is 54.6 Å². The summed E-state index contributed by atoms with van der Waals surface area (Å²) in [6, 6.07) is 10.3. The summed E-state index contributed by atoms with van der Waals surface area (Å²) in [4.78, 5) is 162. The Balaban J connectivity index is 0.000000161. The average Bonchev–Trinajstić information content (AvgIpc) is 3.48. The van der Waals surface area contributed by atoms with Crippen LogP contribution in [0.25, 0.3) is 0 Å². The minimum Gasteiger partial charge on any atom is -0.396 e. The van der Waals surface area contributed by atoms with E-state index in [0.29, 0.717) is 45.3 Å². The first-order valence-corrected chi connectivity index (χ1v) is 27.3. The number of aldehydes is 1. The van der Waals surface area contributed by atoms with Crippen molar-refractivity contribution in [1.82, 2.24) is 36.0 Å². The summed E-state index contributed by atoms with van der Waals surface area (Å²) in [6.45, 7) is 5.49. The predicted octanol–water partition coefficient (Wildman–Crippen LogP) is 0.577. The highest BCUT2D eigenvalue weighted by atomic mass is 35.5. The maximum atomic E-state index is 13.2. The number of nitrogens with one attached hydrogen (secondary N) is 4. The Morgan fingerprint density at radius 2 is 0.889 bits per heavy atom. The molecule has 9 heterocycles. The second kappa shape index (κ2) is 26.9. The van der Waals surface area contributed by atoms with Crippen LogP contribution in [0.4, 0.5) is 15.8 Å². The molecule has 0 aliphatic carbocycles. The van der Waals surface area contributed by atoms with Crippen molar-refractivity contribution in [2.45, 2.75) is 56.7 Å². The molecule has 0 bridgehead atoms. The molecule has 81 heavy (non-hydrogen) atoms. The van der Waals surface area contributed by atoms with E-state index in [2.05, 4.69) is 30.5 Å². The van der Waals surface area contributed by atoms with Crippen molar-refractivity contribution in [3.63, 3.8) is 0 Å². The van der Waals surface area contributed by atoms with Crippen LogP contribution in [0.2, 0.25) is 0 Å². The molecule has 3 aromatic carbocycles. The lowest BCUT2D eigenvalue weighted by molar-refractivity contribution is -0.137. The van der Waals surface area contributed by atoms with Crippen molar-refractivity contribution < 1.29 is 78.3 Å². The van der Waals surface area contributed by atoms with Crippen LogP contribution in [-0.4, -0.2) is 185 Å². The van der Waals surface area contributed by atoms with E-state index in [1.165, 1.54) is 6.07 Å². The molecule has 0 saturated carbocycles. The zero-order valence-electron chi connectivity index (χ0n) is 44.2. The Hall–Kier alpha value is -7.41. The fourth-order valence-corrected chi connectivity index (χ4v) is 9.94. The quantitative estimate of drug-likeness (QED) is 0.0778. The highest BCUT2D eigenvalue weighted by molar-refractivity contribution is 7.15. The predicted molar refractivity (Wildman–Crippen MR) is 290 cm³/mol. The number of carbonyl (C=O) groups excluding carboxylic acids is 13. The zero-order chi connectivity index (χ0) is 59.7. The van der Waals surface area contributed by atoms with Gasteiger partial charge in [-0.15, -0.1) is 32.4 Å². The number of aliphatic hydroxyl groups excluding tert-OH is 2. The molecule has 6 saturated heterocycles. The van der Waals surface area contributed by atoms with Crippen LogP contribution < -0.4 is 31.1 Å². The third-order valence-corrected chi connectivity index (χ3v) is 14.4. The smallest absolute Gasteiger partial charge is 0.262 e. The van der Waals surface area contributed by atoms with E-state index in [1.54, 1.807) is 36.4 Å². The van der Waals surface area contributed by atoms with Crippen molar-refractivity contribution in [3.05, 3.63) is 93.8 Å². The number of piperidine rings is 3. The summed E-state index contributed by atoms with van der Waals surface area (Å²) in [6.07, 6.45) is 1.52. The summed E-state index contributed by atoms with van der Waals surface area (Å²) in [5.41, 5.74) is 2.66. The van der Waals surface area contributed by atoms with Gasteiger partial charge in [-0.25, -0.2) is 4.39 Å². The van der Waals surface area contributed by atoms with E-state index in [-0.39, 0.29) is 95.7 Å². The second-order valence-corrected chi connectivity index (χ2v) is 20.4. The molecule has 6 fully saturated rings. The first-order chi connectivity index (χ1) is 39.2. The van der Waals surface area contributed by atoms with Gasteiger partial charge in [-0.1, -0.05) is 6.64 Å². The first-order valence-electron chi connectivity index (χ1n) is 26.2. The summed E-state index contributed by atoms with van der Waals surface area (Å²) < 4.78 is 19.3. The van der Waals surface area contributed by atoms with Gasteiger partial charge in [0.15, 0.2) is 0 Å². The fourth-order valence-electron chi connectivity index (χ4n) is 9.94. The van der Waals surface area contributed by atoms with Gasteiger partial charge in [0, 0.05) is 102 Å². The number of benzene rings is 3. The molecule has 4 unspecified atom stereocenters. The van der Waals surface area contributed by atoms with Gasteiger partial charge in [-0.2, -0.15) is 0 Å². The van der Waals surface area contributed by atoms with Crippen LogP contribution in [0, 0.1) is 23.6 Å². The Bertz CT molecular complexity index is 3100. The monoisotopic (exact) mass is 1180 g/mol. The van der Waals surface area contributed by atoms with Gasteiger partial charge >= 0.3 is 0 Å². The highest BCUT2D eigenvalue weighted by Crippen LogP contribution is 2.35.